The summed E-state index contributed by atoms with van der Waals surface area (Å²) in [4.78, 5) is 5.19. The standard InChI is InChI=1S/C41H29N3O2S/c1-45-29-20-16-27(17-21-29)43-35-12-6-3-9-31(35)33-25-26(15-24-37(33)43)40-39(41-42-34-11-5-8-14-38(34)47-41)32-10-4-7-13-36(32)44(40)28-18-22-30(46-2)23-19-28/h3-25H,1-2H3. The molecule has 5 nitrogen and oxygen atoms in total. The molecule has 0 saturated heterocycles. The highest BCUT2D eigenvalue weighted by atomic mass is 32.1. The first-order chi connectivity index (χ1) is 23.2. The SMILES string of the molecule is COc1ccc(-n2c(-c3ccc4c(c3)c3ccccc3n4-c3ccc(OC)cc3)c(-c3nc4ccccc4s3)c3ccccc32)cc1. The quantitative estimate of drug-likeness (QED) is 0.184. The summed E-state index contributed by atoms with van der Waals surface area (Å²) in [6, 6.07) is 49.1. The Morgan fingerprint density at radius 3 is 1.79 bits per heavy atom. The fourth-order valence-corrected chi connectivity index (χ4v) is 7.86. The highest BCUT2D eigenvalue weighted by Crippen LogP contribution is 2.46. The van der Waals surface area contributed by atoms with Crippen LogP contribution >= 0.6 is 11.3 Å². The van der Waals surface area contributed by atoms with Crippen LogP contribution in [0.1, 0.15) is 0 Å². The van der Waals surface area contributed by atoms with Crippen molar-refractivity contribution in [3.63, 3.8) is 0 Å². The van der Waals surface area contributed by atoms with Crippen LogP contribution in [0.5, 0.6) is 11.5 Å². The highest BCUT2D eigenvalue weighted by Gasteiger charge is 2.24. The molecule has 0 atom stereocenters. The number of hydrogen-bond donors (Lipinski definition) is 0. The van der Waals surface area contributed by atoms with Crippen molar-refractivity contribution in [3.8, 4) is 44.7 Å². The molecule has 9 aromatic rings. The van der Waals surface area contributed by atoms with Crippen molar-refractivity contribution in [2.24, 2.45) is 0 Å². The smallest absolute Gasteiger partial charge is 0.127 e. The first-order valence-electron chi connectivity index (χ1n) is 15.5. The molecule has 0 aliphatic rings. The summed E-state index contributed by atoms with van der Waals surface area (Å²) in [6.07, 6.45) is 0. The molecular formula is C41H29N3O2S. The Labute approximate surface area is 275 Å². The number of para-hydroxylation sites is 3. The molecule has 3 aromatic heterocycles. The zero-order valence-corrected chi connectivity index (χ0v) is 26.7. The number of ether oxygens (including phenoxy) is 2. The van der Waals surface area contributed by atoms with Gasteiger partial charge in [0.1, 0.15) is 16.5 Å². The Morgan fingerprint density at radius 2 is 1.11 bits per heavy atom. The molecule has 0 fully saturated rings. The molecule has 0 aliphatic heterocycles. The number of hydrogen-bond acceptors (Lipinski definition) is 4. The second-order valence-electron chi connectivity index (χ2n) is 11.5. The van der Waals surface area contributed by atoms with Crippen LogP contribution in [0.15, 0.2) is 140 Å². The molecule has 0 radical (unpaired) electrons. The number of aromatic nitrogens is 3. The van der Waals surface area contributed by atoms with Crippen LogP contribution in [0.3, 0.4) is 0 Å². The van der Waals surface area contributed by atoms with Crippen LogP contribution in [0.2, 0.25) is 0 Å². The maximum absolute atomic E-state index is 5.53. The van der Waals surface area contributed by atoms with E-state index in [1.54, 1.807) is 25.6 Å². The van der Waals surface area contributed by atoms with E-state index in [2.05, 4.69) is 124 Å². The lowest BCUT2D eigenvalue weighted by Crippen LogP contribution is -1.98. The molecule has 9 rings (SSSR count). The minimum atomic E-state index is 0.825. The van der Waals surface area contributed by atoms with Crippen LogP contribution < -0.4 is 9.47 Å². The Kier molecular flexibility index (Phi) is 6.37. The molecule has 47 heavy (non-hydrogen) atoms. The van der Waals surface area contributed by atoms with E-state index in [-0.39, 0.29) is 0 Å². The Bertz CT molecular complexity index is 2560. The fourth-order valence-electron chi connectivity index (χ4n) is 6.84. The second kappa shape index (κ2) is 10.9. The minimum absolute atomic E-state index is 0.825. The fraction of sp³-hybridized carbons (Fsp3) is 0.0488. The van der Waals surface area contributed by atoms with Crippen LogP contribution in [0.4, 0.5) is 0 Å². The molecular weight excluding hydrogens is 599 g/mol. The molecule has 3 heterocycles. The molecule has 0 bridgehead atoms. The number of methoxy groups -OCH3 is 2. The molecule has 0 aliphatic carbocycles. The summed E-state index contributed by atoms with van der Waals surface area (Å²) in [5, 5.41) is 4.56. The van der Waals surface area contributed by atoms with Crippen molar-refractivity contribution in [2.75, 3.05) is 14.2 Å². The van der Waals surface area contributed by atoms with E-state index in [4.69, 9.17) is 14.5 Å². The Morgan fingerprint density at radius 1 is 0.532 bits per heavy atom. The van der Waals surface area contributed by atoms with Gasteiger partial charge in [-0.3, -0.25) is 0 Å². The number of nitrogens with zero attached hydrogens (tertiary/aromatic N) is 3. The zero-order valence-electron chi connectivity index (χ0n) is 25.8. The number of thiazole rings is 1. The van der Waals surface area contributed by atoms with Crippen molar-refractivity contribution in [1.82, 2.24) is 14.1 Å². The lowest BCUT2D eigenvalue weighted by atomic mass is 10.0. The molecule has 0 spiro atoms. The van der Waals surface area contributed by atoms with E-state index in [0.717, 1.165) is 72.2 Å². The molecule has 226 valence electrons. The van der Waals surface area contributed by atoms with Gasteiger partial charge >= 0.3 is 0 Å². The van der Waals surface area contributed by atoms with Crippen LogP contribution in [-0.4, -0.2) is 28.3 Å². The van der Waals surface area contributed by atoms with E-state index < -0.39 is 0 Å². The number of rotatable bonds is 6. The number of benzene rings is 6. The third-order valence-corrected chi connectivity index (χ3v) is 10.0. The van der Waals surface area contributed by atoms with Crippen LogP contribution in [-0.2, 0) is 0 Å². The molecule has 6 heteroatoms. The monoisotopic (exact) mass is 627 g/mol. The summed E-state index contributed by atoms with van der Waals surface area (Å²) < 4.78 is 16.9. The minimum Gasteiger partial charge on any atom is -0.497 e. The van der Waals surface area contributed by atoms with Gasteiger partial charge in [0.25, 0.3) is 0 Å². The summed E-state index contributed by atoms with van der Waals surface area (Å²) in [5.74, 6) is 1.66. The van der Waals surface area contributed by atoms with Gasteiger partial charge in [-0.15, -0.1) is 11.3 Å². The predicted molar refractivity (Wildman–Crippen MR) is 195 cm³/mol. The lowest BCUT2D eigenvalue weighted by Gasteiger charge is -2.14. The first kappa shape index (κ1) is 27.5. The molecule has 0 unspecified atom stereocenters. The van der Waals surface area contributed by atoms with Crippen LogP contribution in [0.25, 0.3) is 76.1 Å². The normalized spacial score (nSPS) is 11.6. The molecule has 0 amide bonds. The summed E-state index contributed by atoms with van der Waals surface area (Å²) in [5.41, 5.74) is 9.96. The van der Waals surface area contributed by atoms with Crippen molar-refractivity contribution in [3.05, 3.63) is 140 Å². The molecule has 6 aromatic carbocycles. The third-order valence-electron chi connectivity index (χ3n) is 8.99. The van der Waals surface area contributed by atoms with Crippen molar-refractivity contribution >= 4 is 54.3 Å². The van der Waals surface area contributed by atoms with Gasteiger partial charge in [0.2, 0.25) is 0 Å². The Hall–Kier alpha value is -5.85. The van der Waals surface area contributed by atoms with Gasteiger partial charge in [-0.2, -0.15) is 0 Å². The van der Waals surface area contributed by atoms with Gasteiger partial charge < -0.3 is 18.6 Å². The lowest BCUT2D eigenvalue weighted by molar-refractivity contribution is 0.414. The molecule has 0 N–H and O–H groups in total. The third kappa shape index (κ3) is 4.33. The summed E-state index contributed by atoms with van der Waals surface area (Å²) in [7, 11) is 3.40. The average molecular weight is 628 g/mol. The molecule has 0 saturated carbocycles. The van der Waals surface area contributed by atoms with Crippen LogP contribution in [0, 0.1) is 0 Å². The van der Waals surface area contributed by atoms with Gasteiger partial charge in [0.15, 0.2) is 0 Å². The summed E-state index contributed by atoms with van der Waals surface area (Å²) >= 11 is 1.74. The first-order valence-corrected chi connectivity index (χ1v) is 16.4. The second-order valence-corrected chi connectivity index (χ2v) is 12.6. The van der Waals surface area contributed by atoms with E-state index in [1.807, 2.05) is 24.3 Å². The maximum Gasteiger partial charge on any atom is 0.127 e. The van der Waals surface area contributed by atoms with Crippen molar-refractivity contribution in [2.45, 2.75) is 0 Å². The van der Waals surface area contributed by atoms with Gasteiger partial charge in [-0.25, -0.2) is 4.98 Å². The van der Waals surface area contributed by atoms with E-state index in [1.165, 1.54) is 15.5 Å². The summed E-state index contributed by atoms with van der Waals surface area (Å²) in [6.45, 7) is 0. The predicted octanol–water partition coefficient (Wildman–Crippen LogP) is 10.7. The van der Waals surface area contributed by atoms with Gasteiger partial charge in [0.05, 0.1) is 46.7 Å². The topological polar surface area (TPSA) is 41.2 Å². The average Bonchev–Trinajstić information content (AvgIpc) is 3.81. The van der Waals surface area contributed by atoms with E-state index in [9.17, 15) is 0 Å². The van der Waals surface area contributed by atoms with Gasteiger partial charge in [-0.05, 0) is 84.9 Å². The van der Waals surface area contributed by atoms with Crippen molar-refractivity contribution in [1.29, 1.82) is 0 Å². The number of fused-ring (bicyclic) bond motifs is 5. The largest absolute Gasteiger partial charge is 0.497 e. The van der Waals surface area contributed by atoms with Gasteiger partial charge in [0, 0.05) is 38.7 Å². The zero-order chi connectivity index (χ0) is 31.5. The van der Waals surface area contributed by atoms with Crippen molar-refractivity contribution < 1.29 is 9.47 Å². The maximum atomic E-state index is 5.53. The Balaban J connectivity index is 1.37. The highest BCUT2D eigenvalue weighted by molar-refractivity contribution is 7.21. The van der Waals surface area contributed by atoms with E-state index in [0.29, 0.717) is 0 Å². The van der Waals surface area contributed by atoms with Gasteiger partial charge in [-0.1, -0.05) is 54.6 Å². The van der Waals surface area contributed by atoms with E-state index >= 15 is 0 Å².